The summed E-state index contributed by atoms with van der Waals surface area (Å²) < 4.78 is 7.67. The second-order valence-electron chi connectivity index (χ2n) is 5.47. The minimum Gasteiger partial charge on any atom is -0.409 e. The smallest absolute Gasteiger partial charge is 0.175 e. The molecular formula is C14H25N5O2. The van der Waals surface area contributed by atoms with Gasteiger partial charge < -0.3 is 20.6 Å². The van der Waals surface area contributed by atoms with Crippen molar-refractivity contribution in [1.29, 1.82) is 0 Å². The average Bonchev–Trinajstić information content (AvgIpc) is 2.79. The van der Waals surface area contributed by atoms with Gasteiger partial charge in [-0.25, -0.2) is 0 Å². The lowest BCUT2D eigenvalue weighted by molar-refractivity contribution is 0.0438. The van der Waals surface area contributed by atoms with Gasteiger partial charge in [-0.3, -0.25) is 4.68 Å². The van der Waals surface area contributed by atoms with Crippen molar-refractivity contribution in [1.82, 2.24) is 9.78 Å². The molecule has 0 saturated carbocycles. The van der Waals surface area contributed by atoms with Gasteiger partial charge in [0.15, 0.2) is 5.84 Å². The molecule has 0 spiro atoms. The third kappa shape index (κ3) is 3.29. The minimum atomic E-state index is 0.104. The number of aryl methyl sites for hydroxylation is 2. The number of amidine groups is 1. The Morgan fingerprint density at radius 1 is 1.57 bits per heavy atom. The van der Waals surface area contributed by atoms with Crippen molar-refractivity contribution in [2.24, 2.45) is 17.9 Å². The van der Waals surface area contributed by atoms with Gasteiger partial charge in [-0.2, -0.15) is 5.10 Å². The van der Waals surface area contributed by atoms with Crippen LogP contribution in [-0.4, -0.2) is 46.6 Å². The third-order valence-electron chi connectivity index (χ3n) is 3.79. The molecule has 7 nitrogen and oxygen atoms in total. The number of rotatable bonds is 5. The highest BCUT2D eigenvalue weighted by Gasteiger charge is 2.27. The largest absolute Gasteiger partial charge is 0.409 e. The van der Waals surface area contributed by atoms with Crippen molar-refractivity contribution < 1.29 is 9.94 Å². The quantitative estimate of drug-likeness (QED) is 0.369. The van der Waals surface area contributed by atoms with E-state index in [1.54, 1.807) is 4.68 Å². The molecule has 0 aromatic carbocycles. The Balaban J connectivity index is 2.25. The van der Waals surface area contributed by atoms with Gasteiger partial charge in [0, 0.05) is 26.7 Å². The molecule has 3 N–H and O–H groups in total. The van der Waals surface area contributed by atoms with Crippen molar-refractivity contribution in [3.63, 3.8) is 0 Å². The summed E-state index contributed by atoms with van der Waals surface area (Å²) in [6, 6.07) is 0. The zero-order valence-electron chi connectivity index (χ0n) is 13.0. The standard InChI is InChI=1S/C14H25N5O2/c1-4-8-21-11-6-5-7-19(9-11)14-12(13(15)17-20)10(2)16-18(14)3/h11,20H,4-9H2,1-3H3,(H2,15,17). The van der Waals surface area contributed by atoms with Gasteiger partial charge in [-0.15, -0.1) is 0 Å². The Kier molecular flexibility index (Phi) is 5.06. The van der Waals surface area contributed by atoms with E-state index in [-0.39, 0.29) is 11.9 Å². The van der Waals surface area contributed by atoms with E-state index in [0.717, 1.165) is 50.5 Å². The Hall–Kier alpha value is -1.76. The summed E-state index contributed by atoms with van der Waals surface area (Å²) in [5.74, 6) is 1.000. The van der Waals surface area contributed by atoms with Crippen LogP contribution in [0.4, 0.5) is 5.82 Å². The fourth-order valence-electron chi connectivity index (χ4n) is 2.91. The van der Waals surface area contributed by atoms with Gasteiger partial charge in [0.05, 0.1) is 17.4 Å². The number of nitrogens with zero attached hydrogens (tertiary/aromatic N) is 4. The van der Waals surface area contributed by atoms with Gasteiger partial charge in [0.25, 0.3) is 0 Å². The fourth-order valence-corrected chi connectivity index (χ4v) is 2.91. The number of piperidine rings is 1. The van der Waals surface area contributed by atoms with Crippen LogP contribution in [0.5, 0.6) is 0 Å². The Labute approximate surface area is 125 Å². The highest BCUT2D eigenvalue weighted by molar-refractivity contribution is 6.02. The van der Waals surface area contributed by atoms with E-state index in [2.05, 4.69) is 22.1 Å². The van der Waals surface area contributed by atoms with Crippen LogP contribution < -0.4 is 10.6 Å². The second-order valence-corrected chi connectivity index (χ2v) is 5.47. The molecule has 0 bridgehead atoms. The molecule has 1 fully saturated rings. The van der Waals surface area contributed by atoms with Crippen LogP contribution in [0.3, 0.4) is 0 Å². The molecule has 0 aliphatic carbocycles. The minimum absolute atomic E-state index is 0.104. The number of hydrogen-bond donors (Lipinski definition) is 2. The number of ether oxygens (including phenoxy) is 1. The first-order valence-corrected chi connectivity index (χ1v) is 7.46. The number of anilines is 1. The maximum absolute atomic E-state index is 9.00. The topological polar surface area (TPSA) is 88.9 Å². The summed E-state index contributed by atoms with van der Waals surface area (Å²) in [6.45, 7) is 6.50. The molecule has 1 aliphatic heterocycles. The maximum Gasteiger partial charge on any atom is 0.175 e. The summed E-state index contributed by atoms with van der Waals surface area (Å²) in [7, 11) is 1.88. The first-order chi connectivity index (χ1) is 10.1. The zero-order valence-corrected chi connectivity index (χ0v) is 13.0. The Bertz CT molecular complexity index is 512. The first-order valence-electron chi connectivity index (χ1n) is 7.46. The van der Waals surface area contributed by atoms with Gasteiger partial charge >= 0.3 is 0 Å². The average molecular weight is 295 g/mol. The predicted octanol–water partition coefficient (Wildman–Crippen LogP) is 1.22. The molecule has 1 atom stereocenters. The number of aromatic nitrogens is 2. The number of hydrogen-bond acceptors (Lipinski definition) is 5. The van der Waals surface area contributed by atoms with E-state index in [1.165, 1.54) is 0 Å². The Morgan fingerprint density at radius 2 is 2.33 bits per heavy atom. The lowest BCUT2D eigenvalue weighted by atomic mass is 10.1. The van der Waals surface area contributed by atoms with E-state index in [1.807, 2.05) is 14.0 Å². The maximum atomic E-state index is 9.00. The molecule has 1 aromatic heterocycles. The highest BCUT2D eigenvalue weighted by atomic mass is 16.5. The molecule has 118 valence electrons. The molecule has 2 heterocycles. The zero-order chi connectivity index (χ0) is 15.4. The molecule has 1 aromatic rings. The summed E-state index contributed by atoms with van der Waals surface area (Å²) in [6.07, 6.45) is 3.39. The summed E-state index contributed by atoms with van der Waals surface area (Å²) in [5, 5.41) is 16.5. The van der Waals surface area contributed by atoms with E-state index in [0.29, 0.717) is 5.56 Å². The van der Waals surface area contributed by atoms with Crippen molar-refractivity contribution >= 4 is 11.7 Å². The van der Waals surface area contributed by atoms with Crippen LogP contribution in [0.2, 0.25) is 0 Å². The molecule has 1 aliphatic rings. The van der Waals surface area contributed by atoms with E-state index < -0.39 is 0 Å². The van der Waals surface area contributed by atoms with Gasteiger partial charge in [0.2, 0.25) is 0 Å². The number of nitrogens with two attached hydrogens (primary N) is 1. The van der Waals surface area contributed by atoms with Crippen LogP contribution in [0.15, 0.2) is 5.16 Å². The number of oxime groups is 1. The lowest BCUT2D eigenvalue weighted by Gasteiger charge is -2.34. The van der Waals surface area contributed by atoms with Crippen molar-refractivity contribution in [2.75, 3.05) is 24.6 Å². The van der Waals surface area contributed by atoms with Gasteiger partial charge in [0.1, 0.15) is 5.82 Å². The molecule has 0 amide bonds. The molecule has 2 rings (SSSR count). The third-order valence-corrected chi connectivity index (χ3v) is 3.79. The van der Waals surface area contributed by atoms with Crippen LogP contribution in [0.25, 0.3) is 0 Å². The van der Waals surface area contributed by atoms with Crippen molar-refractivity contribution in [3.8, 4) is 0 Å². The van der Waals surface area contributed by atoms with E-state index >= 15 is 0 Å². The van der Waals surface area contributed by atoms with Crippen LogP contribution in [-0.2, 0) is 11.8 Å². The fraction of sp³-hybridized carbons (Fsp3) is 0.714. The Morgan fingerprint density at radius 3 is 3.00 bits per heavy atom. The lowest BCUT2D eigenvalue weighted by Crippen LogP contribution is -2.41. The molecule has 7 heteroatoms. The van der Waals surface area contributed by atoms with E-state index in [4.69, 9.17) is 15.7 Å². The van der Waals surface area contributed by atoms with Crippen molar-refractivity contribution in [2.45, 2.75) is 39.2 Å². The molecule has 1 unspecified atom stereocenters. The van der Waals surface area contributed by atoms with E-state index in [9.17, 15) is 0 Å². The van der Waals surface area contributed by atoms with Crippen molar-refractivity contribution in [3.05, 3.63) is 11.3 Å². The van der Waals surface area contributed by atoms with Gasteiger partial charge in [-0.05, 0) is 26.2 Å². The molecule has 21 heavy (non-hydrogen) atoms. The predicted molar refractivity (Wildman–Crippen MR) is 81.9 cm³/mol. The monoisotopic (exact) mass is 295 g/mol. The first kappa shape index (κ1) is 15.6. The molecule has 1 saturated heterocycles. The summed E-state index contributed by atoms with van der Waals surface area (Å²) in [4.78, 5) is 2.22. The second kappa shape index (κ2) is 6.80. The van der Waals surface area contributed by atoms with Gasteiger partial charge in [-0.1, -0.05) is 12.1 Å². The SMILES string of the molecule is CCCOC1CCCN(c2c(C(N)=NO)c(C)nn2C)C1. The molecular weight excluding hydrogens is 270 g/mol. The van der Waals surface area contributed by atoms with Crippen LogP contribution >= 0.6 is 0 Å². The van der Waals surface area contributed by atoms with Crippen LogP contribution in [0, 0.1) is 6.92 Å². The normalized spacial score (nSPS) is 20.0. The molecule has 0 radical (unpaired) electrons. The summed E-state index contributed by atoms with van der Waals surface area (Å²) >= 11 is 0. The highest BCUT2D eigenvalue weighted by Crippen LogP contribution is 2.27. The summed E-state index contributed by atoms with van der Waals surface area (Å²) in [5.41, 5.74) is 7.29. The van der Waals surface area contributed by atoms with Crippen LogP contribution in [0.1, 0.15) is 37.4 Å².